The molecule has 0 aliphatic heterocycles. The zero-order valence-corrected chi connectivity index (χ0v) is 13.8. The fourth-order valence-electron chi connectivity index (χ4n) is 2.18. The van der Waals surface area contributed by atoms with Crippen LogP contribution < -0.4 is 5.32 Å². The van der Waals surface area contributed by atoms with Gasteiger partial charge < -0.3 is 5.32 Å². The predicted octanol–water partition coefficient (Wildman–Crippen LogP) is 2.14. The first-order valence-corrected chi connectivity index (χ1v) is 7.86. The Kier molecular flexibility index (Phi) is 7.77. The maximum absolute atomic E-state index is 4.21. The van der Waals surface area contributed by atoms with E-state index in [0.717, 1.165) is 44.8 Å². The molecule has 0 aliphatic rings. The van der Waals surface area contributed by atoms with Crippen molar-refractivity contribution in [2.45, 2.75) is 60.2 Å². The molecule has 1 heterocycles. The average molecular weight is 281 g/mol. The van der Waals surface area contributed by atoms with Gasteiger partial charge in [0.25, 0.3) is 0 Å². The van der Waals surface area contributed by atoms with Gasteiger partial charge in [-0.2, -0.15) is 0 Å². The minimum Gasteiger partial charge on any atom is -0.311 e. The van der Waals surface area contributed by atoms with E-state index in [9.17, 15) is 0 Å². The molecule has 1 aromatic rings. The highest BCUT2D eigenvalue weighted by molar-refractivity contribution is 4.91. The van der Waals surface area contributed by atoms with E-state index in [1.54, 1.807) is 0 Å². The molecule has 0 aliphatic carbocycles. The van der Waals surface area contributed by atoms with Crippen molar-refractivity contribution in [3.63, 3.8) is 0 Å². The van der Waals surface area contributed by atoms with E-state index in [1.165, 1.54) is 0 Å². The van der Waals surface area contributed by atoms with Gasteiger partial charge in [-0.1, -0.05) is 26.0 Å². The van der Waals surface area contributed by atoms with Crippen LogP contribution in [0.1, 0.15) is 46.7 Å². The van der Waals surface area contributed by atoms with Gasteiger partial charge in [0.15, 0.2) is 0 Å². The standard InChI is InChI=1S/C15H31N5/c1-6-7-16-10-15-12-20(18-17-15)9-8-19(14(4)5)11-13(2)3/h12-14,16H,6-11H2,1-5H3. The molecular formula is C15H31N5. The van der Waals surface area contributed by atoms with Crippen LogP contribution in [0.4, 0.5) is 0 Å². The Morgan fingerprint density at radius 2 is 2.05 bits per heavy atom. The summed E-state index contributed by atoms with van der Waals surface area (Å²) in [6.45, 7) is 16.1. The molecule has 0 spiro atoms. The second-order valence-corrected chi connectivity index (χ2v) is 6.13. The Bertz CT molecular complexity index is 359. The Balaban J connectivity index is 2.39. The summed E-state index contributed by atoms with van der Waals surface area (Å²) in [6.07, 6.45) is 3.20. The molecule has 0 unspecified atom stereocenters. The molecule has 1 N–H and O–H groups in total. The van der Waals surface area contributed by atoms with E-state index in [1.807, 2.05) is 4.68 Å². The summed E-state index contributed by atoms with van der Waals surface area (Å²) in [5.41, 5.74) is 1.03. The van der Waals surface area contributed by atoms with Gasteiger partial charge in [0, 0.05) is 31.9 Å². The third-order valence-electron chi connectivity index (χ3n) is 3.27. The zero-order chi connectivity index (χ0) is 15.0. The third-order valence-corrected chi connectivity index (χ3v) is 3.27. The smallest absolute Gasteiger partial charge is 0.0964 e. The van der Waals surface area contributed by atoms with Crippen LogP contribution in [0.2, 0.25) is 0 Å². The van der Waals surface area contributed by atoms with Crippen LogP contribution in [0.5, 0.6) is 0 Å². The van der Waals surface area contributed by atoms with Gasteiger partial charge in [-0.25, -0.2) is 0 Å². The maximum Gasteiger partial charge on any atom is 0.0964 e. The van der Waals surface area contributed by atoms with Crippen LogP contribution in [0.15, 0.2) is 6.20 Å². The normalized spacial score (nSPS) is 12.0. The van der Waals surface area contributed by atoms with Crippen molar-refractivity contribution >= 4 is 0 Å². The monoisotopic (exact) mass is 281 g/mol. The van der Waals surface area contributed by atoms with Crippen molar-refractivity contribution in [1.29, 1.82) is 0 Å². The minimum absolute atomic E-state index is 0.576. The third kappa shape index (κ3) is 6.48. The summed E-state index contributed by atoms with van der Waals surface area (Å²) in [5, 5.41) is 11.8. The molecule has 116 valence electrons. The molecule has 0 saturated carbocycles. The molecular weight excluding hydrogens is 250 g/mol. The lowest BCUT2D eigenvalue weighted by molar-refractivity contribution is 0.187. The molecule has 0 amide bonds. The van der Waals surface area contributed by atoms with Gasteiger partial charge in [-0.05, 0) is 32.7 Å². The minimum atomic E-state index is 0.576. The zero-order valence-electron chi connectivity index (χ0n) is 13.8. The van der Waals surface area contributed by atoms with Gasteiger partial charge in [-0.15, -0.1) is 5.10 Å². The first kappa shape index (κ1) is 17.1. The summed E-state index contributed by atoms with van der Waals surface area (Å²) in [4.78, 5) is 2.50. The van der Waals surface area contributed by atoms with Crippen molar-refractivity contribution in [1.82, 2.24) is 25.2 Å². The molecule has 5 heteroatoms. The lowest BCUT2D eigenvalue weighted by atomic mass is 10.2. The lowest BCUT2D eigenvalue weighted by Gasteiger charge is -2.27. The van der Waals surface area contributed by atoms with Crippen LogP contribution >= 0.6 is 0 Å². The molecule has 0 aromatic carbocycles. The molecule has 0 saturated heterocycles. The quantitative estimate of drug-likeness (QED) is 0.668. The maximum atomic E-state index is 4.21. The van der Waals surface area contributed by atoms with E-state index in [4.69, 9.17) is 0 Å². The predicted molar refractivity (Wildman–Crippen MR) is 83.6 cm³/mol. The fourth-order valence-corrected chi connectivity index (χ4v) is 2.18. The number of nitrogens with zero attached hydrogens (tertiary/aromatic N) is 4. The molecule has 0 atom stereocenters. The number of hydrogen-bond acceptors (Lipinski definition) is 4. The van der Waals surface area contributed by atoms with E-state index >= 15 is 0 Å². The molecule has 0 fully saturated rings. The highest BCUT2D eigenvalue weighted by Gasteiger charge is 2.11. The van der Waals surface area contributed by atoms with Gasteiger partial charge >= 0.3 is 0 Å². The number of hydrogen-bond donors (Lipinski definition) is 1. The van der Waals surface area contributed by atoms with Crippen molar-refractivity contribution in [2.75, 3.05) is 19.6 Å². The second-order valence-electron chi connectivity index (χ2n) is 6.13. The summed E-state index contributed by atoms with van der Waals surface area (Å²) in [7, 11) is 0. The van der Waals surface area contributed by atoms with Gasteiger partial charge in [-0.3, -0.25) is 9.58 Å². The van der Waals surface area contributed by atoms with Crippen LogP contribution in [-0.2, 0) is 13.1 Å². The van der Waals surface area contributed by atoms with E-state index < -0.39 is 0 Å². The summed E-state index contributed by atoms with van der Waals surface area (Å²) in [6, 6.07) is 0.576. The van der Waals surface area contributed by atoms with Crippen molar-refractivity contribution in [3.05, 3.63) is 11.9 Å². The molecule has 1 aromatic heterocycles. The Morgan fingerprint density at radius 3 is 2.65 bits per heavy atom. The SMILES string of the molecule is CCCNCc1cn(CCN(CC(C)C)C(C)C)nn1. The number of nitrogens with one attached hydrogen (secondary N) is 1. The Labute approximate surface area is 123 Å². The van der Waals surface area contributed by atoms with E-state index in [0.29, 0.717) is 12.0 Å². The molecule has 0 radical (unpaired) electrons. The summed E-state index contributed by atoms with van der Waals surface area (Å²) >= 11 is 0. The first-order chi connectivity index (χ1) is 9.52. The topological polar surface area (TPSA) is 46.0 Å². The molecule has 0 bridgehead atoms. The fraction of sp³-hybridized carbons (Fsp3) is 0.867. The van der Waals surface area contributed by atoms with Gasteiger partial charge in [0.1, 0.15) is 0 Å². The Hall–Kier alpha value is -0.940. The van der Waals surface area contributed by atoms with Crippen LogP contribution in [0.3, 0.4) is 0 Å². The molecule has 5 nitrogen and oxygen atoms in total. The van der Waals surface area contributed by atoms with E-state index in [-0.39, 0.29) is 0 Å². The molecule has 20 heavy (non-hydrogen) atoms. The van der Waals surface area contributed by atoms with E-state index in [2.05, 4.69) is 61.3 Å². The van der Waals surface area contributed by atoms with Gasteiger partial charge in [0.2, 0.25) is 0 Å². The second kappa shape index (κ2) is 9.08. The highest BCUT2D eigenvalue weighted by Crippen LogP contribution is 2.04. The number of rotatable bonds is 10. The molecule has 1 rings (SSSR count). The lowest BCUT2D eigenvalue weighted by Crippen LogP contribution is -2.36. The first-order valence-electron chi connectivity index (χ1n) is 7.86. The van der Waals surface area contributed by atoms with Crippen LogP contribution in [-0.4, -0.2) is 45.6 Å². The van der Waals surface area contributed by atoms with Crippen molar-refractivity contribution in [3.8, 4) is 0 Å². The van der Waals surface area contributed by atoms with Crippen molar-refractivity contribution < 1.29 is 0 Å². The van der Waals surface area contributed by atoms with Crippen LogP contribution in [0, 0.1) is 5.92 Å². The Morgan fingerprint density at radius 1 is 1.30 bits per heavy atom. The van der Waals surface area contributed by atoms with Crippen molar-refractivity contribution in [2.24, 2.45) is 5.92 Å². The average Bonchev–Trinajstić information content (AvgIpc) is 2.82. The highest BCUT2D eigenvalue weighted by atomic mass is 15.4. The van der Waals surface area contributed by atoms with Gasteiger partial charge in [0.05, 0.1) is 12.2 Å². The summed E-state index contributed by atoms with van der Waals surface area (Å²) < 4.78 is 1.96. The largest absolute Gasteiger partial charge is 0.311 e. The number of aromatic nitrogens is 3. The summed E-state index contributed by atoms with van der Waals surface area (Å²) in [5.74, 6) is 0.696. The van der Waals surface area contributed by atoms with Crippen LogP contribution in [0.25, 0.3) is 0 Å².